The van der Waals surface area contributed by atoms with Crippen molar-refractivity contribution in [3.05, 3.63) is 6.04 Å². The molecular weight excluding hydrogens is 93.0 g/mol. The molecule has 0 spiro atoms. The van der Waals surface area contributed by atoms with Crippen LogP contribution in [0.25, 0.3) is 0 Å². The number of hydrogen-bond acceptors (Lipinski definition) is 0. The summed E-state index contributed by atoms with van der Waals surface area (Å²) in [6.07, 6.45) is 1.34. The first-order valence-electron chi connectivity index (χ1n) is 2.79. The zero-order valence-electron chi connectivity index (χ0n) is 6.36. The predicted molar refractivity (Wildman–Crippen MR) is 30.5 cm³/mol. The van der Waals surface area contributed by atoms with Crippen molar-refractivity contribution in [1.82, 2.24) is 0 Å². The molecule has 0 aromatic heterocycles. The minimum atomic E-state index is 0. The normalized spacial score (nSPS) is 25.9. The second-order valence-electron chi connectivity index (χ2n) is 2.89. The van der Waals surface area contributed by atoms with Crippen LogP contribution in [0.1, 0.15) is 13.3 Å². The third kappa shape index (κ3) is 1.28. The molecule has 0 aromatic rings. The Morgan fingerprint density at radius 2 is 1.75 bits per heavy atom. The van der Waals surface area contributed by atoms with Crippen LogP contribution in [0.15, 0.2) is 0 Å². The number of hydrogen-bond donors (Lipinski definition) is 0. The molecule has 42 valence electrons. The molecule has 1 aliphatic rings. The molecule has 1 aliphatic heterocycles. The van der Waals surface area contributed by atoms with Gasteiger partial charge in [0.2, 0.25) is 0 Å². The van der Waals surface area contributed by atoms with Gasteiger partial charge in [0.05, 0.1) is 0 Å². The molecule has 1 fully saturated rings. The maximum atomic E-state index is 2.25. The molecule has 8 heavy (non-hydrogen) atoms. The van der Waals surface area contributed by atoms with Crippen LogP contribution in [0.4, 0.5) is 0 Å². The summed E-state index contributed by atoms with van der Waals surface area (Å²) in [7, 11) is 4.50. The summed E-state index contributed by atoms with van der Waals surface area (Å²) in [5, 5.41) is 0. The minimum absolute atomic E-state index is 0. The van der Waals surface area contributed by atoms with Gasteiger partial charge in [-0.25, -0.2) is 0 Å². The number of likely N-dealkylation sites (tertiary alicyclic amines) is 1. The fourth-order valence-electron chi connectivity index (χ4n) is 0.783. The smallest absolute Gasteiger partial charge is 0.459 e. The SMILES string of the molecule is C[C-]1CC[N+]1(C)C.[Li+]. The first-order valence-corrected chi connectivity index (χ1v) is 2.79. The van der Waals surface area contributed by atoms with Gasteiger partial charge in [0.25, 0.3) is 0 Å². The Labute approximate surface area is 63.8 Å². The van der Waals surface area contributed by atoms with Crippen molar-refractivity contribution in [3.63, 3.8) is 0 Å². The molecule has 0 saturated carbocycles. The average Bonchev–Trinajstić information content (AvgIpc) is 1.63. The molecule has 1 rings (SSSR count). The van der Waals surface area contributed by atoms with Crippen molar-refractivity contribution in [2.24, 2.45) is 0 Å². The van der Waals surface area contributed by atoms with Crippen molar-refractivity contribution < 1.29 is 23.3 Å². The van der Waals surface area contributed by atoms with Gasteiger partial charge in [-0.05, 0) is 0 Å². The van der Waals surface area contributed by atoms with Crippen molar-refractivity contribution in [2.45, 2.75) is 13.3 Å². The van der Waals surface area contributed by atoms with E-state index in [-0.39, 0.29) is 18.9 Å². The first-order chi connectivity index (χ1) is 3.13. The summed E-state index contributed by atoms with van der Waals surface area (Å²) in [5.74, 6) is 0. The fourth-order valence-corrected chi connectivity index (χ4v) is 0.783. The predicted octanol–water partition coefficient (Wildman–Crippen LogP) is -1.98. The second kappa shape index (κ2) is 2.43. The zero-order chi connectivity index (χ0) is 5.49. The Hall–Kier alpha value is 0.557. The summed E-state index contributed by atoms with van der Waals surface area (Å²) < 4.78 is 1.15. The maximum absolute atomic E-state index is 2.25. The van der Waals surface area contributed by atoms with E-state index in [4.69, 9.17) is 0 Å². The average molecular weight is 106 g/mol. The molecule has 0 amide bonds. The minimum Gasteiger partial charge on any atom is -0.459 e. The Morgan fingerprint density at radius 3 is 1.75 bits per heavy atom. The van der Waals surface area contributed by atoms with Crippen LogP contribution in [0.2, 0.25) is 0 Å². The zero-order valence-corrected chi connectivity index (χ0v) is 6.36. The summed E-state index contributed by atoms with van der Waals surface area (Å²) in [6.45, 7) is 3.56. The first kappa shape index (κ1) is 8.56. The van der Waals surface area contributed by atoms with E-state index in [2.05, 4.69) is 21.0 Å². The maximum Gasteiger partial charge on any atom is 1.00 e. The number of nitrogens with zero attached hydrogens (tertiary/aromatic N) is 1. The molecule has 2 heteroatoms. The van der Waals surface area contributed by atoms with Gasteiger partial charge >= 0.3 is 18.9 Å². The standard InChI is InChI=1S/C6H13N.Li/c1-6-4-5-7(6,2)3;/h4-5H2,1-3H3;/q;+1. The van der Waals surface area contributed by atoms with E-state index >= 15 is 0 Å². The third-order valence-electron chi connectivity index (χ3n) is 2.07. The van der Waals surface area contributed by atoms with Gasteiger partial charge in [-0.1, -0.05) is 6.42 Å². The van der Waals surface area contributed by atoms with E-state index in [1.807, 2.05) is 0 Å². The molecule has 1 nitrogen and oxygen atoms in total. The number of rotatable bonds is 0. The van der Waals surface area contributed by atoms with Crippen molar-refractivity contribution >= 4 is 0 Å². The van der Waals surface area contributed by atoms with E-state index in [1.165, 1.54) is 13.0 Å². The van der Waals surface area contributed by atoms with Gasteiger partial charge in [0, 0.05) is 20.6 Å². The summed E-state index contributed by atoms with van der Waals surface area (Å²) >= 11 is 0. The fraction of sp³-hybridized carbons (Fsp3) is 0.833. The molecular formula is C6H13LiN+. The van der Waals surface area contributed by atoms with Crippen molar-refractivity contribution in [2.75, 3.05) is 20.6 Å². The van der Waals surface area contributed by atoms with Crippen LogP contribution in [-0.4, -0.2) is 25.1 Å². The van der Waals surface area contributed by atoms with Gasteiger partial charge in [0.1, 0.15) is 0 Å². The monoisotopic (exact) mass is 106 g/mol. The van der Waals surface area contributed by atoms with E-state index < -0.39 is 0 Å². The Morgan fingerprint density at radius 1 is 1.38 bits per heavy atom. The molecule has 0 aliphatic carbocycles. The van der Waals surface area contributed by atoms with Crippen LogP contribution in [0, 0.1) is 6.04 Å². The topological polar surface area (TPSA) is 0 Å². The van der Waals surface area contributed by atoms with Gasteiger partial charge in [-0.3, -0.25) is 0 Å². The van der Waals surface area contributed by atoms with E-state index in [1.54, 1.807) is 6.04 Å². The van der Waals surface area contributed by atoms with E-state index in [9.17, 15) is 0 Å². The van der Waals surface area contributed by atoms with Crippen LogP contribution in [-0.2, 0) is 0 Å². The molecule has 1 saturated heterocycles. The van der Waals surface area contributed by atoms with Crippen LogP contribution in [0.5, 0.6) is 0 Å². The van der Waals surface area contributed by atoms with Gasteiger partial charge in [0.15, 0.2) is 0 Å². The van der Waals surface area contributed by atoms with Crippen molar-refractivity contribution in [3.8, 4) is 0 Å². The van der Waals surface area contributed by atoms with Crippen LogP contribution < -0.4 is 18.9 Å². The van der Waals surface area contributed by atoms with E-state index in [0.29, 0.717) is 0 Å². The molecule has 0 radical (unpaired) electrons. The molecule has 0 atom stereocenters. The summed E-state index contributed by atoms with van der Waals surface area (Å²) in [5.41, 5.74) is 0. The Bertz CT molecular complexity index is 80.6. The summed E-state index contributed by atoms with van der Waals surface area (Å²) in [6, 6.07) is 1.61. The molecule has 0 aromatic carbocycles. The largest absolute Gasteiger partial charge is 1.00 e. The second-order valence-corrected chi connectivity index (χ2v) is 2.89. The van der Waals surface area contributed by atoms with Gasteiger partial charge < -0.3 is 4.48 Å². The van der Waals surface area contributed by atoms with Crippen LogP contribution >= 0.6 is 0 Å². The quantitative estimate of drug-likeness (QED) is 0.191. The molecule has 0 N–H and O–H groups in total. The van der Waals surface area contributed by atoms with Crippen molar-refractivity contribution in [1.29, 1.82) is 0 Å². The van der Waals surface area contributed by atoms with Crippen LogP contribution in [0.3, 0.4) is 0 Å². The molecule has 0 unspecified atom stereocenters. The molecule has 0 bridgehead atoms. The Kier molecular flexibility index (Phi) is 2.60. The van der Waals surface area contributed by atoms with Gasteiger partial charge in [-0.15, -0.1) is 13.0 Å². The summed E-state index contributed by atoms with van der Waals surface area (Å²) in [4.78, 5) is 0. The van der Waals surface area contributed by atoms with E-state index in [0.717, 1.165) is 4.48 Å². The van der Waals surface area contributed by atoms with Gasteiger partial charge in [-0.2, -0.15) is 0 Å². The third-order valence-corrected chi connectivity index (χ3v) is 2.07. The Balaban J connectivity index is 0.000000490. The molecule has 1 heterocycles. The number of quaternary nitrogens is 1.